The highest BCUT2D eigenvalue weighted by molar-refractivity contribution is 5.43. The first-order valence-electron chi connectivity index (χ1n) is 12.1. The molecule has 5 nitrogen and oxygen atoms in total. The Balaban J connectivity index is 1.44. The van der Waals surface area contributed by atoms with Crippen LogP contribution in [0.2, 0.25) is 0 Å². The molecule has 0 amide bonds. The molecule has 1 heterocycles. The van der Waals surface area contributed by atoms with Gasteiger partial charge in [-0.3, -0.25) is 4.90 Å². The quantitative estimate of drug-likeness (QED) is 0.323. The molecular formula is C29H30FN3O2. The van der Waals surface area contributed by atoms with E-state index in [0.717, 1.165) is 35.3 Å². The van der Waals surface area contributed by atoms with E-state index >= 15 is 0 Å². The van der Waals surface area contributed by atoms with Crippen LogP contribution in [0.4, 0.5) is 4.39 Å². The van der Waals surface area contributed by atoms with Crippen molar-refractivity contribution in [3.8, 4) is 17.3 Å². The third-order valence-electron chi connectivity index (χ3n) is 6.37. The van der Waals surface area contributed by atoms with Crippen molar-refractivity contribution in [2.45, 2.75) is 44.9 Å². The lowest BCUT2D eigenvalue weighted by molar-refractivity contribution is 0.103. The molecule has 1 aromatic heterocycles. The molecule has 6 heteroatoms. The van der Waals surface area contributed by atoms with Crippen LogP contribution in [0.15, 0.2) is 84.9 Å². The summed E-state index contributed by atoms with van der Waals surface area (Å²) in [6.45, 7) is 3.07. The summed E-state index contributed by atoms with van der Waals surface area (Å²) in [5, 5.41) is 15.6. The summed E-state index contributed by atoms with van der Waals surface area (Å²) >= 11 is 0. The van der Waals surface area contributed by atoms with Crippen molar-refractivity contribution in [1.82, 2.24) is 14.7 Å². The number of benzene rings is 3. The fourth-order valence-corrected chi connectivity index (χ4v) is 4.41. The lowest BCUT2D eigenvalue weighted by atomic mass is 10.1. The Labute approximate surface area is 205 Å². The second kappa shape index (κ2) is 10.4. The number of para-hydroxylation sites is 2. The van der Waals surface area contributed by atoms with Crippen LogP contribution in [0.3, 0.4) is 0 Å². The van der Waals surface area contributed by atoms with Crippen molar-refractivity contribution in [2.24, 2.45) is 0 Å². The Morgan fingerprint density at radius 3 is 2.34 bits per heavy atom. The molecule has 1 unspecified atom stereocenters. The summed E-state index contributed by atoms with van der Waals surface area (Å²) in [6.07, 6.45) is 2.32. The maximum absolute atomic E-state index is 14.5. The smallest absolute Gasteiger partial charge is 0.227 e. The van der Waals surface area contributed by atoms with Crippen LogP contribution in [0.1, 0.15) is 29.7 Å². The Morgan fingerprint density at radius 2 is 1.66 bits per heavy atom. The average Bonchev–Trinajstić information content (AvgIpc) is 3.67. The lowest BCUT2D eigenvalue weighted by Gasteiger charge is -2.25. The van der Waals surface area contributed by atoms with Crippen LogP contribution in [0.5, 0.6) is 11.6 Å². The predicted molar refractivity (Wildman–Crippen MR) is 134 cm³/mol. The summed E-state index contributed by atoms with van der Waals surface area (Å²) in [7, 11) is 0. The zero-order valence-electron chi connectivity index (χ0n) is 19.8. The van der Waals surface area contributed by atoms with Gasteiger partial charge in [0.1, 0.15) is 0 Å². The van der Waals surface area contributed by atoms with Crippen molar-refractivity contribution in [1.29, 1.82) is 0 Å². The summed E-state index contributed by atoms with van der Waals surface area (Å²) in [4.78, 5) is 2.31. The van der Waals surface area contributed by atoms with Gasteiger partial charge in [-0.2, -0.15) is 5.10 Å². The molecule has 35 heavy (non-hydrogen) atoms. The van der Waals surface area contributed by atoms with Gasteiger partial charge in [-0.15, -0.1) is 0 Å². The van der Waals surface area contributed by atoms with E-state index in [1.165, 1.54) is 6.07 Å². The molecule has 4 aromatic rings. The summed E-state index contributed by atoms with van der Waals surface area (Å²) in [6, 6.07) is 26.6. The van der Waals surface area contributed by atoms with Gasteiger partial charge in [-0.1, -0.05) is 60.7 Å². The van der Waals surface area contributed by atoms with Gasteiger partial charge in [0, 0.05) is 19.1 Å². The normalized spacial score (nSPS) is 14.3. The summed E-state index contributed by atoms with van der Waals surface area (Å²) in [5.74, 6) is 0.240. The molecule has 5 rings (SSSR count). The second-order valence-corrected chi connectivity index (χ2v) is 9.15. The maximum atomic E-state index is 14.5. The molecule has 0 aliphatic heterocycles. The number of rotatable bonds is 10. The molecule has 1 saturated carbocycles. The van der Waals surface area contributed by atoms with Gasteiger partial charge in [0.05, 0.1) is 23.0 Å². The molecule has 0 spiro atoms. The van der Waals surface area contributed by atoms with Gasteiger partial charge in [0.15, 0.2) is 11.6 Å². The molecule has 1 aliphatic carbocycles. The third-order valence-corrected chi connectivity index (χ3v) is 6.37. The Hall–Kier alpha value is -3.48. The monoisotopic (exact) mass is 471 g/mol. The molecular weight excluding hydrogens is 441 g/mol. The van der Waals surface area contributed by atoms with Crippen LogP contribution in [-0.2, 0) is 13.0 Å². The highest BCUT2D eigenvalue weighted by atomic mass is 19.1. The minimum absolute atomic E-state index is 0.160. The van der Waals surface area contributed by atoms with E-state index in [2.05, 4.69) is 4.90 Å². The molecule has 0 saturated heterocycles. The minimum atomic E-state index is -0.488. The van der Waals surface area contributed by atoms with E-state index in [4.69, 9.17) is 9.84 Å². The molecule has 3 aromatic carbocycles. The fourth-order valence-electron chi connectivity index (χ4n) is 4.41. The van der Waals surface area contributed by atoms with Gasteiger partial charge in [-0.25, -0.2) is 9.07 Å². The maximum Gasteiger partial charge on any atom is 0.227 e. The Morgan fingerprint density at radius 1 is 1.00 bits per heavy atom. The third kappa shape index (κ3) is 5.61. The van der Waals surface area contributed by atoms with Crippen LogP contribution in [0, 0.1) is 12.7 Å². The van der Waals surface area contributed by atoms with Crippen molar-refractivity contribution < 1.29 is 14.2 Å². The average molecular weight is 472 g/mol. The lowest BCUT2D eigenvalue weighted by Crippen LogP contribution is -2.35. The first-order valence-corrected chi connectivity index (χ1v) is 12.1. The van der Waals surface area contributed by atoms with Crippen molar-refractivity contribution in [3.05, 3.63) is 108 Å². The van der Waals surface area contributed by atoms with E-state index in [1.807, 2.05) is 67.6 Å². The number of hydrogen-bond donors (Lipinski definition) is 1. The number of aliphatic hydroxyl groups is 1. The largest absolute Gasteiger partial charge is 0.435 e. The number of ether oxygens (including phenoxy) is 1. The van der Waals surface area contributed by atoms with E-state index in [1.54, 1.807) is 22.9 Å². The van der Waals surface area contributed by atoms with Crippen molar-refractivity contribution >= 4 is 0 Å². The second-order valence-electron chi connectivity index (χ2n) is 9.15. The van der Waals surface area contributed by atoms with E-state index in [-0.39, 0.29) is 5.75 Å². The van der Waals surface area contributed by atoms with Crippen molar-refractivity contribution in [2.75, 3.05) is 6.54 Å². The SMILES string of the molecule is Cc1nn(-c2ccccc2)c(Oc2ccccc2F)c1CN(CC(O)Cc1ccccc1)C1CC1. The van der Waals surface area contributed by atoms with Gasteiger partial charge in [0.2, 0.25) is 5.88 Å². The number of aromatic nitrogens is 2. The number of aryl methyl sites for hydroxylation is 1. The van der Waals surface area contributed by atoms with Crippen LogP contribution >= 0.6 is 0 Å². The summed E-state index contributed by atoms with van der Waals surface area (Å²) < 4.78 is 22.5. The zero-order chi connectivity index (χ0) is 24.2. The summed E-state index contributed by atoms with van der Waals surface area (Å²) in [5.41, 5.74) is 3.68. The van der Waals surface area contributed by atoms with Crippen LogP contribution in [0.25, 0.3) is 5.69 Å². The zero-order valence-corrected chi connectivity index (χ0v) is 19.8. The van der Waals surface area contributed by atoms with Gasteiger partial charge >= 0.3 is 0 Å². The van der Waals surface area contributed by atoms with Gasteiger partial charge in [-0.05, 0) is 56.0 Å². The van der Waals surface area contributed by atoms with E-state index in [9.17, 15) is 9.50 Å². The van der Waals surface area contributed by atoms with Crippen LogP contribution in [-0.4, -0.2) is 38.5 Å². The predicted octanol–water partition coefficient (Wildman–Crippen LogP) is 5.68. The molecule has 0 radical (unpaired) electrons. The highest BCUT2D eigenvalue weighted by Crippen LogP contribution is 2.35. The topological polar surface area (TPSA) is 50.5 Å². The Kier molecular flexibility index (Phi) is 6.93. The Bertz CT molecular complexity index is 1260. The highest BCUT2D eigenvalue weighted by Gasteiger charge is 2.32. The minimum Gasteiger partial charge on any atom is -0.435 e. The van der Waals surface area contributed by atoms with E-state index < -0.39 is 11.9 Å². The number of halogens is 1. The van der Waals surface area contributed by atoms with E-state index in [0.29, 0.717) is 31.4 Å². The first kappa shape index (κ1) is 23.3. The molecule has 1 N–H and O–H groups in total. The van der Waals surface area contributed by atoms with Gasteiger partial charge in [0.25, 0.3) is 0 Å². The number of hydrogen-bond acceptors (Lipinski definition) is 4. The molecule has 1 atom stereocenters. The standard InChI is InChI=1S/C29H30FN3O2/c1-21-26(20-32(23-16-17-23)19-25(34)18-22-10-4-2-5-11-22)29(35-28-15-9-8-14-27(28)30)33(31-21)24-12-6-3-7-13-24/h2-15,23,25,34H,16-20H2,1H3. The molecule has 0 bridgehead atoms. The number of aliphatic hydroxyl groups excluding tert-OH is 1. The van der Waals surface area contributed by atoms with Crippen molar-refractivity contribution in [3.63, 3.8) is 0 Å². The molecule has 1 aliphatic rings. The first-order chi connectivity index (χ1) is 17.1. The molecule has 1 fully saturated rings. The van der Waals surface area contributed by atoms with Crippen LogP contribution < -0.4 is 4.74 Å². The molecule has 180 valence electrons. The number of nitrogens with zero attached hydrogens (tertiary/aromatic N) is 3. The van der Waals surface area contributed by atoms with Gasteiger partial charge < -0.3 is 9.84 Å². The fraction of sp³-hybridized carbons (Fsp3) is 0.276.